The maximum atomic E-state index is 12.9. The monoisotopic (exact) mass is 472 g/mol. The van der Waals surface area contributed by atoms with Gasteiger partial charge in [0.15, 0.2) is 0 Å². The van der Waals surface area contributed by atoms with E-state index in [0.717, 1.165) is 30.6 Å². The summed E-state index contributed by atoms with van der Waals surface area (Å²) in [5, 5.41) is 1.75. The van der Waals surface area contributed by atoms with Crippen LogP contribution >= 0.6 is 11.3 Å². The number of aryl methyl sites for hydroxylation is 1. The fourth-order valence-electron chi connectivity index (χ4n) is 3.60. The summed E-state index contributed by atoms with van der Waals surface area (Å²) in [6, 6.07) is 10.5. The van der Waals surface area contributed by atoms with Gasteiger partial charge >= 0.3 is 0 Å². The Bertz CT molecular complexity index is 1000. The number of benzene rings is 1. The van der Waals surface area contributed by atoms with Crippen LogP contribution in [0.1, 0.15) is 31.2 Å². The van der Waals surface area contributed by atoms with Crippen LogP contribution in [0.5, 0.6) is 5.75 Å². The lowest BCUT2D eigenvalue weighted by molar-refractivity contribution is 0.242. The van der Waals surface area contributed by atoms with Gasteiger partial charge < -0.3 is 4.74 Å². The van der Waals surface area contributed by atoms with Crippen molar-refractivity contribution in [2.45, 2.75) is 42.4 Å². The molecule has 0 radical (unpaired) electrons. The maximum Gasteiger partial charge on any atom is 0.252 e. The van der Waals surface area contributed by atoms with Crippen molar-refractivity contribution in [1.82, 2.24) is 9.03 Å². The van der Waals surface area contributed by atoms with Crippen LogP contribution in [-0.4, -0.2) is 53.1 Å². The van der Waals surface area contributed by atoms with Crippen LogP contribution in [0.15, 0.2) is 46.0 Å². The van der Waals surface area contributed by atoms with Gasteiger partial charge in [-0.1, -0.05) is 24.6 Å². The molecule has 0 bridgehead atoms. The van der Waals surface area contributed by atoms with Gasteiger partial charge in [0.25, 0.3) is 10.0 Å². The summed E-state index contributed by atoms with van der Waals surface area (Å²) >= 11 is 1.21. The molecule has 1 fully saturated rings. The minimum absolute atomic E-state index is 0.0127. The quantitative estimate of drug-likeness (QED) is 0.574. The van der Waals surface area contributed by atoms with E-state index in [2.05, 4.69) is 4.72 Å². The minimum atomic E-state index is -3.52. The smallest absolute Gasteiger partial charge is 0.252 e. The number of piperidine rings is 1. The van der Waals surface area contributed by atoms with E-state index in [9.17, 15) is 16.8 Å². The molecule has 1 aliphatic rings. The van der Waals surface area contributed by atoms with Gasteiger partial charge in [-0.25, -0.2) is 21.6 Å². The number of methoxy groups -OCH3 is 1. The van der Waals surface area contributed by atoms with Crippen molar-refractivity contribution in [3.63, 3.8) is 0 Å². The predicted molar refractivity (Wildman–Crippen MR) is 119 cm³/mol. The second kappa shape index (κ2) is 10.2. The molecule has 1 aromatic heterocycles. The Morgan fingerprint density at radius 1 is 1.13 bits per heavy atom. The summed E-state index contributed by atoms with van der Waals surface area (Å²) in [6.07, 6.45) is 3.40. The zero-order valence-corrected chi connectivity index (χ0v) is 19.4. The van der Waals surface area contributed by atoms with Crippen LogP contribution in [0, 0.1) is 0 Å². The average Bonchev–Trinajstić information content (AvgIpc) is 3.29. The van der Waals surface area contributed by atoms with E-state index >= 15 is 0 Å². The lowest BCUT2D eigenvalue weighted by Crippen LogP contribution is -2.45. The number of sulfonamides is 2. The summed E-state index contributed by atoms with van der Waals surface area (Å²) in [6.45, 7) is 0.710. The first kappa shape index (κ1) is 23.2. The molecule has 30 heavy (non-hydrogen) atoms. The Labute approximate surface area is 183 Å². The third kappa shape index (κ3) is 6.04. The van der Waals surface area contributed by atoms with Crippen molar-refractivity contribution < 1.29 is 21.6 Å². The molecule has 3 rings (SSSR count). The lowest BCUT2D eigenvalue weighted by atomic mass is 10.0. The van der Waals surface area contributed by atoms with Crippen LogP contribution in [0.25, 0.3) is 0 Å². The zero-order chi connectivity index (χ0) is 21.6. The van der Waals surface area contributed by atoms with Crippen LogP contribution < -0.4 is 9.46 Å². The van der Waals surface area contributed by atoms with Crippen LogP contribution in [0.3, 0.4) is 0 Å². The average molecular weight is 473 g/mol. The number of ether oxygens (including phenoxy) is 1. The fourth-order valence-corrected chi connectivity index (χ4v) is 7.52. The molecule has 2 heterocycles. The first-order valence-electron chi connectivity index (χ1n) is 9.97. The second-order valence-corrected chi connectivity index (χ2v) is 12.3. The summed E-state index contributed by atoms with van der Waals surface area (Å²) in [5.41, 5.74) is 0.918. The van der Waals surface area contributed by atoms with Gasteiger partial charge in [-0.05, 0) is 54.8 Å². The van der Waals surface area contributed by atoms with Gasteiger partial charge in [0.1, 0.15) is 9.96 Å². The molecule has 0 spiro atoms. The highest BCUT2D eigenvalue weighted by atomic mass is 32.2. The molecule has 0 unspecified atom stereocenters. The first-order valence-corrected chi connectivity index (χ1v) is 13.9. The standard InChI is InChI=1S/C20H28N2O5S3/c1-27-19-9-7-17(8-10-19)12-16-29(23,24)21-13-11-18-5-2-3-14-22(18)30(25,26)20-6-4-15-28-20/h4,6-10,15,18,21H,2-3,5,11-14,16H2,1H3/t18-/m0/s1. The Morgan fingerprint density at radius 3 is 2.57 bits per heavy atom. The van der Waals surface area contributed by atoms with Crippen molar-refractivity contribution in [2.24, 2.45) is 0 Å². The normalized spacial score (nSPS) is 18.4. The van der Waals surface area contributed by atoms with E-state index in [1.54, 1.807) is 41.1 Å². The summed E-state index contributed by atoms with van der Waals surface area (Å²) in [5.74, 6) is 0.718. The highest BCUT2D eigenvalue weighted by Gasteiger charge is 2.33. The number of thiophene rings is 1. The highest BCUT2D eigenvalue weighted by molar-refractivity contribution is 7.91. The Hall–Kier alpha value is -1.46. The van der Waals surface area contributed by atoms with E-state index in [1.807, 2.05) is 12.1 Å². The minimum Gasteiger partial charge on any atom is -0.497 e. The maximum absolute atomic E-state index is 12.9. The largest absolute Gasteiger partial charge is 0.497 e. The number of hydrogen-bond acceptors (Lipinski definition) is 6. The Morgan fingerprint density at radius 2 is 1.90 bits per heavy atom. The molecule has 0 saturated carbocycles. The number of rotatable bonds is 10. The predicted octanol–water partition coefficient (Wildman–Crippen LogP) is 2.85. The summed E-state index contributed by atoms with van der Waals surface area (Å²) in [4.78, 5) is 0. The van der Waals surface area contributed by atoms with Gasteiger partial charge in [-0.3, -0.25) is 0 Å². The van der Waals surface area contributed by atoms with Crippen molar-refractivity contribution in [2.75, 3.05) is 26.0 Å². The molecule has 1 aliphatic heterocycles. The van der Waals surface area contributed by atoms with Crippen molar-refractivity contribution in [3.05, 3.63) is 47.3 Å². The molecule has 10 heteroatoms. The molecule has 1 atom stereocenters. The number of hydrogen-bond donors (Lipinski definition) is 1. The molecule has 166 valence electrons. The van der Waals surface area contributed by atoms with Crippen LogP contribution in [-0.2, 0) is 26.5 Å². The van der Waals surface area contributed by atoms with Crippen LogP contribution in [0.2, 0.25) is 0 Å². The summed E-state index contributed by atoms with van der Waals surface area (Å²) < 4.78 is 60.2. The third-order valence-electron chi connectivity index (χ3n) is 5.25. The van der Waals surface area contributed by atoms with Gasteiger partial charge in [-0.15, -0.1) is 11.3 Å². The molecule has 0 aliphatic carbocycles. The van der Waals surface area contributed by atoms with E-state index in [4.69, 9.17) is 4.74 Å². The molecular formula is C20H28N2O5S3. The third-order valence-corrected chi connectivity index (χ3v) is 9.96. The van der Waals surface area contributed by atoms with Crippen molar-refractivity contribution >= 4 is 31.4 Å². The number of nitrogens with zero attached hydrogens (tertiary/aromatic N) is 1. The zero-order valence-electron chi connectivity index (χ0n) is 17.0. The Kier molecular flexibility index (Phi) is 7.92. The van der Waals surface area contributed by atoms with E-state index in [-0.39, 0.29) is 18.3 Å². The van der Waals surface area contributed by atoms with Gasteiger partial charge in [0.05, 0.1) is 12.9 Å². The lowest BCUT2D eigenvalue weighted by Gasteiger charge is -2.34. The van der Waals surface area contributed by atoms with Gasteiger partial charge in [-0.2, -0.15) is 4.31 Å². The van der Waals surface area contributed by atoms with Gasteiger partial charge in [0, 0.05) is 19.1 Å². The molecule has 1 saturated heterocycles. The molecule has 1 N–H and O–H groups in total. The molecule has 1 aromatic carbocycles. The molecule has 7 nitrogen and oxygen atoms in total. The summed E-state index contributed by atoms with van der Waals surface area (Å²) in [7, 11) is -5.38. The van der Waals surface area contributed by atoms with E-state index < -0.39 is 20.0 Å². The van der Waals surface area contributed by atoms with E-state index in [1.165, 1.54) is 11.3 Å². The first-order chi connectivity index (χ1) is 14.3. The molecular weight excluding hydrogens is 444 g/mol. The second-order valence-electron chi connectivity index (χ2n) is 7.30. The fraction of sp³-hybridized carbons (Fsp3) is 0.500. The topological polar surface area (TPSA) is 92.8 Å². The highest BCUT2D eigenvalue weighted by Crippen LogP contribution is 2.29. The van der Waals surface area contributed by atoms with E-state index in [0.29, 0.717) is 23.6 Å². The van der Waals surface area contributed by atoms with Crippen LogP contribution in [0.4, 0.5) is 0 Å². The van der Waals surface area contributed by atoms with Crippen molar-refractivity contribution in [1.29, 1.82) is 0 Å². The molecule has 0 amide bonds. The SMILES string of the molecule is COc1ccc(CCS(=O)(=O)NCC[C@@H]2CCCCN2S(=O)(=O)c2cccs2)cc1. The Balaban J connectivity index is 1.53. The number of nitrogens with one attached hydrogen (secondary N) is 1. The molecule has 2 aromatic rings. The van der Waals surface area contributed by atoms with Crippen molar-refractivity contribution in [3.8, 4) is 5.75 Å². The van der Waals surface area contributed by atoms with Gasteiger partial charge in [0.2, 0.25) is 10.0 Å².